The summed E-state index contributed by atoms with van der Waals surface area (Å²) in [5.41, 5.74) is 0. The summed E-state index contributed by atoms with van der Waals surface area (Å²) in [5, 5.41) is 0. The van der Waals surface area contributed by atoms with Gasteiger partial charge < -0.3 is 5.48 Å². The highest BCUT2D eigenvalue weighted by atomic mass is 16.0. The van der Waals surface area contributed by atoms with Gasteiger partial charge in [0.15, 0.2) is 0 Å². The Bertz CT molecular complexity index is 33.5. The Morgan fingerprint density at radius 2 is 1.78 bits per heavy atom. The Morgan fingerprint density at radius 1 is 1.33 bits per heavy atom. The van der Waals surface area contributed by atoms with Gasteiger partial charge in [0.2, 0.25) is 0 Å². The second kappa shape index (κ2) is 25.2. The molecule has 0 rings (SSSR count). The SMILES string of the molecule is C=CCCCC.CC.O. The molecule has 0 radical (unpaired) electrons. The van der Waals surface area contributed by atoms with E-state index in [-0.39, 0.29) is 5.48 Å². The van der Waals surface area contributed by atoms with Gasteiger partial charge in [-0.2, -0.15) is 0 Å². The fraction of sp³-hybridized carbons (Fsp3) is 0.750. The normalized spacial score (nSPS) is 6.11. The minimum absolute atomic E-state index is 0. The Morgan fingerprint density at radius 3 is 1.89 bits per heavy atom. The van der Waals surface area contributed by atoms with Gasteiger partial charge in [-0.3, -0.25) is 0 Å². The first-order valence-electron chi connectivity index (χ1n) is 3.52. The van der Waals surface area contributed by atoms with Crippen molar-refractivity contribution in [1.82, 2.24) is 0 Å². The molecule has 2 N–H and O–H groups in total. The number of hydrogen-bond acceptors (Lipinski definition) is 0. The van der Waals surface area contributed by atoms with Crippen LogP contribution in [0.15, 0.2) is 12.7 Å². The molecule has 0 aromatic carbocycles. The monoisotopic (exact) mass is 132 g/mol. The Labute approximate surface area is 59.1 Å². The molecule has 0 aliphatic heterocycles. The maximum Gasteiger partial charge on any atom is -0.0354 e. The second-order valence-electron chi connectivity index (χ2n) is 1.43. The van der Waals surface area contributed by atoms with Crippen molar-refractivity contribution in [3.63, 3.8) is 0 Å². The lowest BCUT2D eigenvalue weighted by molar-refractivity contribution is 0.816. The molecule has 0 saturated heterocycles. The van der Waals surface area contributed by atoms with Crippen LogP contribution >= 0.6 is 0 Å². The molecular formula is C8H20O. The van der Waals surface area contributed by atoms with Crippen LogP contribution in [0.4, 0.5) is 0 Å². The first kappa shape index (κ1) is 15.9. The van der Waals surface area contributed by atoms with Crippen molar-refractivity contribution in [3.05, 3.63) is 12.7 Å². The summed E-state index contributed by atoms with van der Waals surface area (Å²) in [4.78, 5) is 0. The van der Waals surface area contributed by atoms with Gasteiger partial charge in [-0.05, 0) is 6.42 Å². The lowest BCUT2D eigenvalue weighted by Crippen LogP contribution is -1.61. The average Bonchev–Trinajstić information content (AvgIpc) is 1.88. The van der Waals surface area contributed by atoms with E-state index in [2.05, 4.69) is 13.5 Å². The summed E-state index contributed by atoms with van der Waals surface area (Å²) < 4.78 is 0. The Hall–Kier alpha value is -0.300. The van der Waals surface area contributed by atoms with E-state index in [9.17, 15) is 0 Å². The molecule has 0 bridgehead atoms. The Balaban J connectivity index is -0.000000109. The molecule has 1 heteroatoms. The second-order valence-corrected chi connectivity index (χ2v) is 1.43. The van der Waals surface area contributed by atoms with Crippen LogP contribution in [0.25, 0.3) is 0 Å². The van der Waals surface area contributed by atoms with Gasteiger partial charge in [-0.15, -0.1) is 6.58 Å². The summed E-state index contributed by atoms with van der Waals surface area (Å²) in [6.07, 6.45) is 5.72. The molecule has 1 nitrogen and oxygen atoms in total. The van der Waals surface area contributed by atoms with Gasteiger partial charge in [-0.25, -0.2) is 0 Å². The topological polar surface area (TPSA) is 31.5 Å². The highest BCUT2D eigenvalue weighted by molar-refractivity contribution is 4.64. The van der Waals surface area contributed by atoms with Gasteiger partial charge in [0.05, 0.1) is 0 Å². The van der Waals surface area contributed by atoms with Gasteiger partial charge in [0.1, 0.15) is 0 Å². The maximum atomic E-state index is 3.60. The van der Waals surface area contributed by atoms with Crippen molar-refractivity contribution in [3.8, 4) is 0 Å². The molecule has 0 spiro atoms. The van der Waals surface area contributed by atoms with Crippen molar-refractivity contribution in [2.45, 2.75) is 40.0 Å². The van der Waals surface area contributed by atoms with E-state index in [1.807, 2.05) is 19.9 Å². The van der Waals surface area contributed by atoms with E-state index in [1.54, 1.807) is 0 Å². The quantitative estimate of drug-likeness (QED) is 0.417. The standard InChI is InChI=1S/C6H12.C2H6.H2O/c1-3-5-6-4-2;1-2;/h3H,1,4-6H2,2H3;1-2H3;1H2. The third-order valence-electron chi connectivity index (χ3n) is 0.762. The fourth-order valence-corrected chi connectivity index (χ4v) is 0.348. The van der Waals surface area contributed by atoms with E-state index in [0.717, 1.165) is 0 Å². The van der Waals surface area contributed by atoms with Crippen LogP contribution in [0, 0.1) is 0 Å². The zero-order valence-corrected chi connectivity index (χ0v) is 6.91. The minimum Gasteiger partial charge on any atom is -0.412 e. The first-order chi connectivity index (χ1) is 3.91. The van der Waals surface area contributed by atoms with E-state index in [4.69, 9.17) is 0 Å². The molecular weight excluding hydrogens is 112 g/mol. The lowest BCUT2D eigenvalue weighted by atomic mass is 10.3. The van der Waals surface area contributed by atoms with Crippen molar-refractivity contribution in [2.75, 3.05) is 0 Å². The van der Waals surface area contributed by atoms with Crippen molar-refractivity contribution < 1.29 is 5.48 Å². The number of unbranched alkanes of at least 4 members (excludes halogenated alkanes) is 2. The third kappa shape index (κ3) is 34.3. The predicted molar refractivity (Wildman–Crippen MR) is 44.7 cm³/mol. The summed E-state index contributed by atoms with van der Waals surface area (Å²) in [5.74, 6) is 0. The highest BCUT2D eigenvalue weighted by Gasteiger charge is 1.71. The largest absolute Gasteiger partial charge is 0.412 e. The van der Waals surface area contributed by atoms with Crippen LogP contribution in [0.2, 0.25) is 0 Å². The number of hydrogen-bond donors (Lipinski definition) is 0. The molecule has 0 saturated carbocycles. The molecule has 58 valence electrons. The fourth-order valence-electron chi connectivity index (χ4n) is 0.348. The van der Waals surface area contributed by atoms with Crippen LogP contribution in [-0.2, 0) is 0 Å². The number of rotatable bonds is 3. The lowest BCUT2D eigenvalue weighted by Gasteiger charge is -1.81. The number of allylic oxidation sites excluding steroid dienone is 1. The van der Waals surface area contributed by atoms with Gasteiger partial charge in [0, 0.05) is 0 Å². The van der Waals surface area contributed by atoms with Gasteiger partial charge in [-0.1, -0.05) is 39.7 Å². The van der Waals surface area contributed by atoms with Gasteiger partial charge in [0.25, 0.3) is 0 Å². The smallest absolute Gasteiger partial charge is 0.0354 e. The molecule has 0 aromatic rings. The Kier molecular flexibility index (Phi) is 44.5. The van der Waals surface area contributed by atoms with E-state index in [1.165, 1.54) is 19.3 Å². The van der Waals surface area contributed by atoms with Crippen molar-refractivity contribution in [2.24, 2.45) is 0 Å². The minimum atomic E-state index is 0. The zero-order valence-electron chi connectivity index (χ0n) is 6.91. The zero-order chi connectivity index (χ0) is 6.83. The van der Waals surface area contributed by atoms with E-state index < -0.39 is 0 Å². The summed E-state index contributed by atoms with van der Waals surface area (Å²) in [6, 6.07) is 0. The molecule has 0 atom stereocenters. The van der Waals surface area contributed by atoms with Crippen LogP contribution in [-0.4, -0.2) is 5.48 Å². The molecule has 0 aromatic heterocycles. The van der Waals surface area contributed by atoms with Crippen LogP contribution in [0.3, 0.4) is 0 Å². The molecule has 9 heavy (non-hydrogen) atoms. The first-order valence-corrected chi connectivity index (χ1v) is 3.52. The van der Waals surface area contributed by atoms with E-state index >= 15 is 0 Å². The summed E-state index contributed by atoms with van der Waals surface area (Å²) in [6.45, 7) is 9.78. The van der Waals surface area contributed by atoms with Crippen LogP contribution in [0.5, 0.6) is 0 Å². The molecule has 0 amide bonds. The summed E-state index contributed by atoms with van der Waals surface area (Å²) >= 11 is 0. The third-order valence-corrected chi connectivity index (χ3v) is 0.762. The van der Waals surface area contributed by atoms with Crippen LogP contribution < -0.4 is 0 Å². The maximum absolute atomic E-state index is 3.60. The molecule has 0 unspecified atom stereocenters. The average molecular weight is 132 g/mol. The molecule has 0 fully saturated rings. The van der Waals surface area contributed by atoms with Crippen molar-refractivity contribution in [1.29, 1.82) is 0 Å². The van der Waals surface area contributed by atoms with E-state index in [0.29, 0.717) is 0 Å². The van der Waals surface area contributed by atoms with Crippen LogP contribution in [0.1, 0.15) is 40.0 Å². The molecule has 0 heterocycles. The summed E-state index contributed by atoms with van der Waals surface area (Å²) in [7, 11) is 0. The highest BCUT2D eigenvalue weighted by Crippen LogP contribution is 1.91. The van der Waals surface area contributed by atoms with Crippen molar-refractivity contribution >= 4 is 0 Å². The van der Waals surface area contributed by atoms with Gasteiger partial charge >= 0.3 is 0 Å². The predicted octanol–water partition coefficient (Wildman–Crippen LogP) is 2.56. The molecule has 0 aliphatic carbocycles. The molecule has 0 aliphatic rings.